The van der Waals surface area contributed by atoms with E-state index in [4.69, 9.17) is 0 Å². The largest absolute Gasteiger partial charge is 0.508 e. The van der Waals surface area contributed by atoms with Crippen molar-refractivity contribution in [3.63, 3.8) is 0 Å². The molecule has 0 aromatic heterocycles. The molecule has 0 radical (unpaired) electrons. The van der Waals surface area contributed by atoms with E-state index in [1.54, 1.807) is 6.07 Å². The highest BCUT2D eigenvalue weighted by Crippen LogP contribution is 2.40. The molecule has 0 heterocycles. The first-order valence-electron chi connectivity index (χ1n) is 6.75. The van der Waals surface area contributed by atoms with Crippen molar-refractivity contribution in [3.8, 4) is 5.75 Å². The summed E-state index contributed by atoms with van der Waals surface area (Å²) in [5.74, 6) is 0.477. The molecule has 0 spiro atoms. The summed E-state index contributed by atoms with van der Waals surface area (Å²) in [6.07, 6.45) is 3.34. The second-order valence-electron chi connectivity index (χ2n) is 4.99. The van der Waals surface area contributed by atoms with Gasteiger partial charge in [-0.3, -0.25) is 4.90 Å². The average Bonchev–Trinajstić information content (AvgIpc) is 2.75. The molecule has 2 unspecified atom stereocenters. The number of phenolic OH excluding ortho intramolecular Hbond substituents is 1. The molecule has 2 heteroatoms. The first kappa shape index (κ1) is 12.4. The van der Waals surface area contributed by atoms with Gasteiger partial charge in [0.1, 0.15) is 5.75 Å². The Morgan fingerprint density at radius 1 is 1.41 bits per heavy atom. The number of hydrogen-bond acceptors (Lipinski definition) is 2. The van der Waals surface area contributed by atoms with Gasteiger partial charge in [-0.05, 0) is 49.9 Å². The zero-order valence-corrected chi connectivity index (χ0v) is 11.1. The Morgan fingerprint density at radius 2 is 2.18 bits per heavy atom. The first-order chi connectivity index (χ1) is 8.19. The predicted octanol–water partition coefficient (Wildman–Crippen LogP) is 3.50. The number of hydrogen-bond donors (Lipinski definition) is 1. The molecule has 1 aliphatic carbocycles. The van der Waals surface area contributed by atoms with E-state index in [0.29, 0.717) is 17.8 Å². The maximum absolute atomic E-state index is 9.88. The van der Waals surface area contributed by atoms with E-state index in [1.807, 2.05) is 6.07 Å². The van der Waals surface area contributed by atoms with Gasteiger partial charge in [0.2, 0.25) is 0 Å². The van der Waals surface area contributed by atoms with Gasteiger partial charge in [-0.25, -0.2) is 0 Å². The van der Waals surface area contributed by atoms with Crippen molar-refractivity contribution in [2.24, 2.45) is 0 Å². The van der Waals surface area contributed by atoms with E-state index in [2.05, 4.69) is 31.7 Å². The molecule has 0 fully saturated rings. The molecule has 17 heavy (non-hydrogen) atoms. The summed E-state index contributed by atoms with van der Waals surface area (Å²) in [5.41, 5.74) is 2.51. The van der Waals surface area contributed by atoms with E-state index in [-0.39, 0.29) is 0 Å². The van der Waals surface area contributed by atoms with E-state index in [1.165, 1.54) is 17.5 Å². The Hall–Kier alpha value is -1.02. The summed E-state index contributed by atoms with van der Waals surface area (Å²) in [6.45, 7) is 7.84. The third-order valence-electron chi connectivity index (χ3n) is 4.14. The molecule has 0 aliphatic heterocycles. The van der Waals surface area contributed by atoms with Crippen LogP contribution in [0.3, 0.4) is 0 Å². The SMILES string of the molecule is CCC(C)N(CC)C1CCc2c(O)cccc21. The molecule has 0 saturated carbocycles. The summed E-state index contributed by atoms with van der Waals surface area (Å²) in [7, 11) is 0. The maximum atomic E-state index is 9.88. The van der Waals surface area contributed by atoms with Crippen LogP contribution in [-0.4, -0.2) is 22.6 Å². The minimum atomic E-state index is 0.477. The van der Waals surface area contributed by atoms with Crippen molar-refractivity contribution >= 4 is 0 Å². The van der Waals surface area contributed by atoms with Crippen LogP contribution in [0.2, 0.25) is 0 Å². The predicted molar refractivity (Wildman–Crippen MR) is 71.3 cm³/mol. The molecule has 0 bridgehead atoms. The van der Waals surface area contributed by atoms with Gasteiger partial charge in [-0.2, -0.15) is 0 Å². The van der Waals surface area contributed by atoms with Crippen LogP contribution in [0.4, 0.5) is 0 Å². The maximum Gasteiger partial charge on any atom is 0.119 e. The highest BCUT2D eigenvalue weighted by atomic mass is 16.3. The second-order valence-corrected chi connectivity index (χ2v) is 4.99. The standard InChI is InChI=1S/C15H23NO/c1-4-11(3)16(5-2)14-10-9-13-12(14)7-6-8-15(13)17/h6-8,11,14,17H,4-5,9-10H2,1-3H3. The van der Waals surface area contributed by atoms with Gasteiger partial charge in [0.25, 0.3) is 0 Å². The van der Waals surface area contributed by atoms with Crippen LogP contribution >= 0.6 is 0 Å². The molecular formula is C15H23NO. The topological polar surface area (TPSA) is 23.5 Å². The van der Waals surface area contributed by atoms with E-state index >= 15 is 0 Å². The molecule has 2 nitrogen and oxygen atoms in total. The van der Waals surface area contributed by atoms with Gasteiger partial charge in [0, 0.05) is 12.1 Å². The second kappa shape index (κ2) is 5.09. The zero-order valence-electron chi connectivity index (χ0n) is 11.1. The van der Waals surface area contributed by atoms with Crippen LogP contribution in [0.1, 0.15) is 50.8 Å². The molecule has 94 valence electrons. The lowest BCUT2D eigenvalue weighted by atomic mass is 10.0. The Balaban J connectivity index is 2.29. The van der Waals surface area contributed by atoms with Crippen LogP contribution in [0.25, 0.3) is 0 Å². The number of phenols is 1. The molecule has 1 aromatic rings. The summed E-state index contributed by atoms with van der Waals surface area (Å²) in [6, 6.07) is 7.06. The molecule has 0 saturated heterocycles. The smallest absolute Gasteiger partial charge is 0.119 e. The monoisotopic (exact) mass is 233 g/mol. The lowest BCUT2D eigenvalue weighted by Gasteiger charge is -2.33. The molecule has 0 amide bonds. The summed E-state index contributed by atoms with van der Waals surface area (Å²) >= 11 is 0. The quantitative estimate of drug-likeness (QED) is 0.860. The Morgan fingerprint density at radius 3 is 2.82 bits per heavy atom. The fraction of sp³-hybridized carbons (Fsp3) is 0.600. The Bertz CT molecular complexity index is 389. The van der Waals surface area contributed by atoms with Gasteiger partial charge in [-0.15, -0.1) is 0 Å². The van der Waals surface area contributed by atoms with Gasteiger partial charge in [-0.1, -0.05) is 26.0 Å². The number of nitrogens with zero attached hydrogens (tertiary/aromatic N) is 1. The summed E-state index contributed by atoms with van der Waals surface area (Å²) in [4.78, 5) is 2.56. The fourth-order valence-corrected chi connectivity index (χ4v) is 3.03. The van der Waals surface area contributed by atoms with E-state index < -0.39 is 0 Å². The first-order valence-corrected chi connectivity index (χ1v) is 6.75. The van der Waals surface area contributed by atoms with Crippen LogP contribution in [0, 0.1) is 0 Å². The molecule has 1 N–H and O–H groups in total. The molecule has 2 atom stereocenters. The van der Waals surface area contributed by atoms with Gasteiger partial charge >= 0.3 is 0 Å². The average molecular weight is 233 g/mol. The number of aromatic hydroxyl groups is 1. The van der Waals surface area contributed by atoms with Crippen molar-refractivity contribution in [2.75, 3.05) is 6.54 Å². The minimum Gasteiger partial charge on any atom is -0.508 e. The third-order valence-corrected chi connectivity index (χ3v) is 4.14. The molecule has 1 aromatic carbocycles. The summed E-state index contributed by atoms with van der Waals surface area (Å²) < 4.78 is 0. The third kappa shape index (κ3) is 2.19. The normalized spacial score (nSPS) is 20.6. The lowest BCUT2D eigenvalue weighted by Crippen LogP contribution is -2.35. The fourth-order valence-electron chi connectivity index (χ4n) is 3.03. The van der Waals surface area contributed by atoms with Crippen LogP contribution in [-0.2, 0) is 6.42 Å². The Kier molecular flexibility index (Phi) is 3.72. The number of rotatable bonds is 4. The van der Waals surface area contributed by atoms with Gasteiger partial charge in [0.05, 0.1) is 0 Å². The minimum absolute atomic E-state index is 0.477. The summed E-state index contributed by atoms with van der Waals surface area (Å²) in [5, 5.41) is 9.88. The van der Waals surface area contributed by atoms with Crippen molar-refractivity contribution < 1.29 is 5.11 Å². The van der Waals surface area contributed by atoms with Gasteiger partial charge < -0.3 is 5.11 Å². The lowest BCUT2D eigenvalue weighted by molar-refractivity contribution is 0.148. The zero-order chi connectivity index (χ0) is 12.4. The van der Waals surface area contributed by atoms with Gasteiger partial charge in [0.15, 0.2) is 0 Å². The van der Waals surface area contributed by atoms with E-state index in [9.17, 15) is 5.11 Å². The van der Waals surface area contributed by atoms with Crippen molar-refractivity contribution in [3.05, 3.63) is 29.3 Å². The van der Waals surface area contributed by atoms with Crippen LogP contribution in [0.5, 0.6) is 5.75 Å². The van der Waals surface area contributed by atoms with Crippen LogP contribution in [0.15, 0.2) is 18.2 Å². The van der Waals surface area contributed by atoms with E-state index in [0.717, 1.165) is 19.4 Å². The van der Waals surface area contributed by atoms with Crippen molar-refractivity contribution in [1.82, 2.24) is 4.90 Å². The van der Waals surface area contributed by atoms with Crippen molar-refractivity contribution in [2.45, 2.75) is 52.1 Å². The number of fused-ring (bicyclic) bond motifs is 1. The van der Waals surface area contributed by atoms with Crippen LogP contribution < -0.4 is 0 Å². The molecule has 2 rings (SSSR count). The Labute approximate surface area is 104 Å². The highest BCUT2D eigenvalue weighted by molar-refractivity contribution is 5.44. The van der Waals surface area contributed by atoms with Crippen molar-refractivity contribution in [1.29, 1.82) is 0 Å². The highest BCUT2D eigenvalue weighted by Gasteiger charge is 2.30. The molecule has 1 aliphatic rings. The number of benzene rings is 1. The molecular weight excluding hydrogens is 210 g/mol.